The molecule has 0 spiro atoms. The number of hydrogen-bond donors (Lipinski definition) is 0. The van der Waals surface area contributed by atoms with Gasteiger partial charge in [0, 0.05) is 26.2 Å². The lowest BCUT2D eigenvalue weighted by Crippen LogP contribution is -2.46. The molecule has 0 N–H and O–H groups in total. The number of rotatable bonds is 2. The molecule has 0 aromatic carbocycles. The number of hydrogen-bond acceptors (Lipinski definition) is 4. The Morgan fingerprint density at radius 2 is 1.88 bits per heavy atom. The molecule has 4 nitrogen and oxygen atoms in total. The minimum Gasteiger partial charge on any atom is -0.304 e. The maximum absolute atomic E-state index is 12.3. The van der Waals surface area contributed by atoms with Crippen molar-refractivity contribution in [1.82, 2.24) is 9.21 Å². The standard InChI is InChI=1S/C10H15ClN2O2S2/c1-8-7-9(16-10(8)11)17(14,15)13-5-3-12(2)4-6-13/h7H,3-6H2,1-2H3. The first kappa shape index (κ1) is 13.3. The molecule has 0 unspecified atom stereocenters. The molecule has 96 valence electrons. The molecule has 1 aromatic heterocycles. The number of sulfonamides is 1. The highest BCUT2D eigenvalue weighted by Crippen LogP contribution is 2.32. The first-order valence-electron chi connectivity index (χ1n) is 5.36. The number of aryl methyl sites for hydroxylation is 1. The molecule has 2 heterocycles. The minimum atomic E-state index is -3.35. The van der Waals surface area contributed by atoms with E-state index in [1.807, 2.05) is 14.0 Å². The van der Waals surface area contributed by atoms with Gasteiger partial charge in [0.25, 0.3) is 10.0 Å². The Hall–Kier alpha value is -0.140. The van der Waals surface area contributed by atoms with Gasteiger partial charge >= 0.3 is 0 Å². The van der Waals surface area contributed by atoms with Crippen LogP contribution in [-0.2, 0) is 10.0 Å². The molecule has 2 rings (SSSR count). The van der Waals surface area contributed by atoms with E-state index in [1.54, 1.807) is 6.07 Å². The molecule has 0 bridgehead atoms. The van der Waals surface area contributed by atoms with Crippen LogP contribution in [0.15, 0.2) is 10.3 Å². The summed E-state index contributed by atoms with van der Waals surface area (Å²) in [6, 6.07) is 1.65. The van der Waals surface area contributed by atoms with Crippen molar-refractivity contribution in [3.63, 3.8) is 0 Å². The van der Waals surface area contributed by atoms with Crippen LogP contribution in [0.4, 0.5) is 0 Å². The lowest BCUT2D eigenvalue weighted by atomic mass is 10.4. The zero-order valence-electron chi connectivity index (χ0n) is 9.81. The van der Waals surface area contributed by atoms with E-state index < -0.39 is 10.0 Å². The van der Waals surface area contributed by atoms with Crippen molar-refractivity contribution < 1.29 is 8.42 Å². The van der Waals surface area contributed by atoms with Crippen molar-refractivity contribution in [2.24, 2.45) is 0 Å². The average molecular weight is 295 g/mol. The van der Waals surface area contributed by atoms with Gasteiger partial charge in [-0.2, -0.15) is 4.31 Å². The van der Waals surface area contributed by atoms with Crippen molar-refractivity contribution in [2.75, 3.05) is 33.2 Å². The predicted molar refractivity (Wildman–Crippen MR) is 70.3 cm³/mol. The molecule has 0 amide bonds. The predicted octanol–water partition coefficient (Wildman–Crippen LogP) is 1.65. The van der Waals surface area contributed by atoms with Gasteiger partial charge < -0.3 is 4.90 Å². The van der Waals surface area contributed by atoms with Crippen LogP contribution < -0.4 is 0 Å². The summed E-state index contributed by atoms with van der Waals surface area (Å²) in [5.41, 5.74) is 0.823. The summed E-state index contributed by atoms with van der Waals surface area (Å²) >= 11 is 7.06. The third-order valence-corrected chi connectivity index (χ3v) is 6.79. The van der Waals surface area contributed by atoms with Crippen molar-refractivity contribution in [1.29, 1.82) is 0 Å². The molecule has 0 aliphatic carbocycles. The van der Waals surface area contributed by atoms with Crippen molar-refractivity contribution in [3.05, 3.63) is 16.0 Å². The summed E-state index contributed by atoms with van der Waals surface area (Å²) in [6.45, 7) is 4.47. The molecule has 7 heteroatoms. The number of halogens is 1. The van der Waals surface area contributed by atoms with E-state index in [0.29, 0.717) is 21.6 Å². The van der Waals surface area contributed by atoms with Gasteiger partial charge in [-0.1, -0.05) is 11.6 Å². The van der Waals surface area contributed by atoms with E-state index in [-0.39, 0.29) is 0 Å². The topological polar surface area (TPSA) is 40.6 Å². The zero-order chi connectivity index (χ0) is 12.6. The van der Waals surface area contributed by atoms with Gasteiger partial charge in [-0.25, -0.2) is 8.42 Å². The van der Waals surface area contributed by atoms with E-state index in [1.165, 1.54) is 4.31 Å². The Morgan fingerprint density at radius 3 is 2.35 bits per heavy atom. The molecule has 0 atom stereocenters. The summed E-state index contributed by atoms with van der Waals surface area (Å²) in [5.74, 6) is 0. The fourth-order valence-corrected chi connectivity index (χ4v) is 5.00. The van der Waals surface area contributed by atoms with Crippen LogP contribution >= 0.6 is 22.9 Å². The maximum atomic E-state index is 12.3. The summed E-state index contributed by atoms with van der Waals surface area (Å²) in [7, 11) is -1.35. The van der Waals surface area contributed by atoms with Gasteiger partial charge in [0.05, 0.1) is 4.34 Å². The van der Waals surface area contributed by atoms with Crippen molar-refractivity contribution in [2.45, 2.75) is 11.1 Å². The van der Waals surface area contributed by atoms with Gasteiger partial charge in [0.1, 0.15) is 4.21 Å². The minimum absolute atomic E-state index is 0.351. The highest BCUT2D eigenvalue weighted by atomic mass is 35.5. The van der Waals surface area contributed by atoms with Gasteiger partial charge in [0.15, 0.2) is 0 Å². The third kappa shape index (κ3) is 2.66. The Labute approximate surface area is 111 Å². The normalized spacial score (nSPS) is 19.7. The fourth-order valence-electron chi connectivity index (χ4n) is 1.71. The van der Waals surface area contributed by atoms with E-state index >= 15 is 0 Å². The Morgan fingerprint density at radius 1 is 1.29 bits per heavy atom. The summed E-state index contributed by atoms with van der Waals surface area (Å²) in [5, 5.41) is 0. The summed E-state index contributed by atoms with van der Waals surface area (Å²) in [6.07, 6.45) is 0. The van der Waals surface area contributed by atoms with Gasteiger partial charge in [0.2, 0.25) is 0 Å². The van der Waals surface area contributed by atoms with E-state index in [0.717, 1.165) is 30.0 Å². The van der Waals surface area contributed by atoms with Crippen LogP contribution in [0, 0.1) is 6.92 Å². The number of thiophene rings is 1. The maximum Gasteiger partial charge on any atom is 0.252 e. The molecule has 17 heavy (non-hydrogen) atoms. The molecule has 1 aromatic rings. The van der Waals surface area contributed by atoms with Gasteiger partial charge in [-0.3, -0.25) is 0 Å². The van der Waals surface area contributed by atoms with Crippen LogP contribution in [0.2, 0.25) is 4.34 Å². The van der Waals surface area contributed by atoms with Crippen molar-refractivity contribution >= 4 is 33.0 Å². The lowest BCUT2D eigenvalue weighted by Gasteiger charge is -2.31. The highest BCUT2D eigenvalue weighted by molar-refractivity contribution is 7.91. The van der Waals surface area contributed by atoms with Crippen LogP contribution in [-0.4, -0.2) is 50.8 Å². The number of piperazine rings is 1. The van der Waals surface area contributed by atoms with Crippen LogP contribution in [0.3, 0.4) is 0 Å². The Balaban J connectivity index is 2.24. The number of likely N-dealkylation sites (N-methyl/N-ethyl adjacent to an activating group) is 1. The first-order valence-corrected chi connectivity index (χ1v) is 7.99. The summed E-state index contributed by atoms with van der Waals surface area (Å²) in [4.78, 5) is 2.12. The lowest BCUT2D eigenvalue weighted by molar-refractivity contribution is 0.222. The van der Waals surface area contributed by atoms with Crippen LogP contribution in [0.25, 0.3) is 0 Å². The second kappa shape index (κ2) is 4.85. The molecule has 0 saturated carbocycles. The highest BCUT2D eigenvalue weighted by Gasteiger charge is 2.29. The quantitative estimate of drug-likeness (QED) is 0.833. The molecular formula is C10H15ClN2O2S2. The van der Waals surface area contributed by atoms with Gasteiger partial charge in [-0.15, -0.1) is 11.3 Å². The third-order valence-electron chi connectivity index (χ3n) is 2.89. The molecule has 1 aliphatic heterocycles. The monoisotopic (exact) mass is 294 g/mol. The smallest absolute Gasteiger partial charge is 0.252 e. The molecule has 1 aliphatic rings. The van der Waals surface area contributed by atoms with Gasteiger partial charge in [-0.05, 0) is 25.6 Å². The van der Waals surface area contributed by atoms with E-state index in [9.17, 15) is 8.42 Å². The van der Waals surface area contributed by atoms with E-state index in [2.05, 4.69) is 4.90 Å². The largest absolute Gasteiger partial charge is 0.304 e. The van der Waals surface area contributed by atoms with Crippen molar-refractivity contribution in [3.8, 4) is 0 Å². The Bertz CT molecular complexity index is 485. The van der Waals surface area contributed by atoms with Crippen LogP contribution in [0.5, 0.6) is 0 Å². The van der Waals surface area contributed by atoms with E-state index in [4.69, 9.17) is 11.6 Å². The molecule has 0 radical (unpaired) electrons. The zero-order valence-corrected chi connectivity index (χ0v) is 12.2. The molecule has 1 saturated heterocycles. The Kier molecular flexibility index (Phi) is 3.80. The van der Waals surface area contributed by atoms with Crippen LogP contribution in [0.1, 0.15) is 5.56 Å². The molecule has 1 fully saturated rings. The molecular weight excluding hydrogens is 280 g/mol. The SMILES string of the molecule is Cc1cc(S(=O)(=O)N2CCN(C)CC2)sc1Cl. The number of nitrogens with zero attached hydrogens (tertiary/aromatic N) is 2. The second-order valence-corrected chi connectivity index (χ2v) is 8.05. The average Bonchev–Trinajstić information content (AvgIpc) is 2.60. The fraction of sp³-hybridized carbons (Fsp3) is 0.600. The first-order chi connectivity index (χ1) is 7.91. The second-order valence-electron chi connectivity index (χ2n) is 4.23. The summed E-state index contributed by atoms with van der Waals surface area (Å²) < 4.78 is 27.1.